The van der Waals surface area contributed by atoms with Crippen molar-refractivity contribution < 1.29 is 9.53 Å². The minimum Gasteiger partial charge on any atom is -0.376 e. The molecule has 1 aromatic carbocycles. The van der Waals surface area contributed by atoms with Crippen molar-refractivity contribution in [3.05, 3.63) is 29.3 Å². The van der Waals surface area contributed by atoms with Crippen molar-refractivity contribution in [1.82, 2.24) is 10.2 Å². The van der Waals surface area contributed by atoms with Crippen LogP contribution in [0, 0.1) is 0 Å². The second kappa shape index (κ2) is 8.58. The second-order valence-electron chi connectivity index (χ2n) is 6.98. The van der Waals surface area contributed by atoms with Gasteiger partial charge in [0.1, 0.15) is 0 Å². The van der Waals surface area contributed by atoms with E-state index < -0.39 is 0 Å². The third kappa shape index (κ3) is 4.80. The highest BCUT2D eigenvalue weighted by Crippen LogP contribution is 2.30. The van der Waals surface area contributed by atoms with Crippen LogP contribution < -0.4 is 10.6 Å². The van der Waals surface area contributed by atoms with Gasteiger partial charge in [-0.3, -0.25) is 4.79 Å². The number of thioether (sulfide) groups is 1. The standard InChI is InChI=1S/C19H24N4O2S2/c1-12(17(24)21-15-8-7-13-4-2-5-14(13)10-15)26-19-23-22-18(27-19)20-11-16-6-3-9-25-16/h7-8,10,12,16H,2-6,9,11H2,1H3,(H,20,22)(H,21,24). The molecule has 1 aromatic heterocycles. The molecule has 27 heavy (non-hydrogen) atoms. The van der Waals surface area contributed by atoms with Crippen molar-refractivity contribution in [3.63, 3.8) is 0 Å². The number of aromatic nitrogens is 2. The Morgan fingerprint density at radius 1 is 1.33 bits per heavy atom. The van der Waals surface area contributed by atoms with E-state index in [0.717, 1.165) is 54.0 Å². The minimum atomic E-state index is -0.239. The van der Waals surface area contributed by atoms with Crippen molar-refractivity contribution in [3.8, 4) is 0 Å². The van der Waals surface area contributed by atoms with E-state index in [2.05, 4.69) is 33.0 Å². The maximum Gasteiger partial charge on any atom is 0.237 e. The monoisotopic (exact) mass is 404 g/mol. The van der Waals surface area contributed by atoms with Gasteiger partial charge in [0.25, 0.3) is 0 Å². The number of rotatable bonds is 7. The van der Waals surface area contributed by atoms with Gasteiger partial charge in [0.15, 0.2) is 4.34 Å². The fourth-order valence-electron chi connectivity index (χ4n) is 3.43. The van der Waals surface area contributed by atoms with Gasteiger partial charge in [0.05, 0.1) is 11.4 Å². The smallest absolute Gasteiger partial charge is 0.237 e. The number of fused-ring (bicyclic) bond motifs is 1. The number of nitrogens with one attached hydrogen (secondary N) is 2. The molecule has 1 aliphatic heterocycles. The van der Waals surface area contributed by atoms with Crippen LogP contribution in [0.15, 0.2) is 22.5 Å². The normalized spacial score (nSPS) is 19.7. The molecule has 1 aliphatic carbocycles. The van der Waals surface area contributed by atoms with Crippen LogP contribution in [-0.2, 0) is 22.4 Å². The highest BCUT2D eigenvalue weighted by atomic mass is 32.2. The van der Waals surface area contributed by atoms with Crippen molar-refractivity contribution in [2.24, 2.45) is 0 Å². The molecule has 2 N–H and O–H groups in total. The Morgan fingerprint density at radius 3 is 3.07 bits per heavy atom. The van der Waals surface area contributed by atoms with Gasteiger partial charge in [-0.15, -0.1) is 10.2 Å². The quantitative estimate of drug-likeness (QED) is 0.685. The third-order valence-electron chi connectivity index (χ3n) is 4.92. The molecule has 0 radical (unpaired) electrons. The average molecular weight is 405 g/mol. The maximum atomic E-state index is 12.5. The highest BCUT2D eigenvalue weighted by Gasteiger charge is 2.19. The van der Waals surface area contributed by atoms with E-state index in [9.17, 15) is 4.79 Å². The largest absolute Gasteiger partial charge is 0.376 e. The van der Waals surface area contributed by atoms with Crippen LogP contribution in [0.5, 0.6) is 0 Å². The first-order chi connectivity index (χ1) is 13.2. The van der Waals surface area contributed by atoms with Gasteiger partial charge >= 0.3 is 0 Å². The molecule has 1 fully saturated rings. The van der Waals surface area contributed by atoms with Gasteiger partial charge in [0.2, 0.25) is 11.0 Å². The lowest BCUT2D eigenvalue weighted by Gasteiger charge is -2.11. The Balaban J connectivity index is 1.28. The number of hydrogen-bond acceptors (Lipinski definition) is 7. The molecule has 6 nitrogen and oxygen atoms in total. The Bertz CT molecular complexity index is 805. The zero-order valence-corrected chi connectivity index (χ0v) is 17.0. The molecular weight excluding hydrogens is 380 g/mol. The molecule has 0 spiro atoms. The number of ether oxygens (including phenoxy) is 1. The van der Waals surface area contributed by atoms with Crippen molar-refractivity contribution in [2.45, 2.75) is 54.7 Å². The van der Waals surface area contributed by atoms with Crippen molar-refractivity contribution in [2.75, 3.05) is 23.8 Å². The average Bonchev–Trinajstić information content (AvgIpc) is 3.41. The predicted molar refractivity (Wildman–Crippen MR) is 110 cm³/mol. The van der Waals surface area contributed by atoms with E-state index in [1.807, 2.05) is 13.0 Å². The summed E-state index contributed by atoms with van der Waals surface area (Å²) in [5, 5.41) is 15.2. The van der Waals surface area contributed by atoms with Crippen LogP contribution in [0.4, 0.5) is 10.8 Å². The predicted octanol–water partition coefficient (Wildman–Crippen LogP) is 3.74. The Hall–Kier alpha value is -1.64. The highest BCUT2D eigenvalue weighted by molar-refractivity contribution is 8.02. The zero-order chi connectivity index (χ0) is 18.6. The van der Waals surface area contributed by atoms with Crippen LogP contribution >= 0.6 is 23.1 Å². The topological polar surface area (TPSA) is 76.1 Å². The molecule has 2 unspecified atom stereocenters. The van der Waals surface area contributed by atoms with E-state index in [-0.39, 0.29) is 17.3 Å². The third-order valence-corrected chi connectivity index (χ3v) is 6.99. The lowest BCUT2D eigenvalue weighted by molar-refractivity contribution is -0.115. The van der Waals surface area contributed by atoms with Crippen molar-refractivity contribution in [1.29, 1.82) is 0 Å². The first kappa shape index (κ1) is 18.7. The summed E-state index contributed by atoms with van der Waals surface area (Å²) in [5.41, 5.74) is 3.65. The summed E-state index contributed by atoms with van der Waals surface area (Å²) in [4.78, 5) is 12.5. The number of benzene rings is 1. The molecule has 8 heteroatoms. The molecule has 0 saturated carbocycles. The van der Waals surface area contributed by atoms with Gasteiger partial charge in [-0.05, 0) is 62.3 Å². The minimum absolute atomic E-state index is 0.0120. The summed E-state index contributed by atoms with van der Waals surface area (Å²) in [6.45, 7) is 3.50. The summed E-state index contributed by atoms with van der Waals surface area (Å²) < 4.78 is 6.39. The number of carbonyl (C=O) groups excluding carboxylic acids is 1. The number of nitrogens with zero attached hydrogens (tertiary/aromatic N) is 2. The fraction of sp³-hybridized carbons (Fsp3) is 0.526. The summed E-state index contributed by atoms with van der Waals surface area (Å²) in [7, 11) is 0. The molecule has 2 atom stereocenters. The van der Waals surface area contributed by atoms with Crippen LogP contribution in [0.3, 0.4) is 0 Å². The number of anilines is 2. The Labute approximate surface area is 167 Å². The second-order valence-corrected chi connectivity index (χ2v) is 9.54. The van der Waals surface area contributed by atoms with Crippen LogP contribution in [0.2, 0.25) is 0 Å². The van der Waals surface area contributed by atoms with E-state index in [1.54, 1.807) is 0 Å². The molecule has 2 heterocycles. The Morgan fingerprint density at radius 2 is 2.22 bits per heavy atom. The van der Waals surface area contributed by atoms with Gasteiger partial charge < -0.3 is 15.4 Å². The molecule has 1 amide bonds. The summed E-state index contributed by atoms with van der Waals surface area (Å²) in [6, 6.07) is 6.24. The van der Waals surface area contributed by atoms with Crippen LogP contribution in [-0.4, -0.2) is 40.6 Å². The SMILES string of the molecule is CC(Sc1nnc(NCC2CCCO2)s1)C(=O)Nc1ccc2c(c1)CCC2. The zero-order valence-electron chi connectivity index (χ0n) is 15.4. The Kier molecular flexibility index (Phi) is 5.95. The van der Waals surface area contributed by atoms with E-state index in [1.165, 1.54) is 40.6 Å². The van der Waals surface area contributed by atoms with Crippen molar-refractivity contribution >= 4 is 39.8 Å². The molecule has 0 bridgehead atoms. The molecule has 2 aliphatic rings. The fourth-order valence-corrected chi connectivity index (χ4v) is 5.34. The van der Waals surface area contributed by atoms with Gasteiger partial charge in [-0.25, -0.2) is 0 Å². The summed E-state index contributed by atoms with van der Waals surface area (Å²) in [5.74, 6) is -0.0120. The van der Waals surface area contributed by atoms with Crippen LogP contribution in [0.25, 0.3) is 0 Å². The summed E-state index contributed by atoms with van der Waals surface area (Å²) in [6.07, 6.45) is 5.95. The van der Waals surface area contributed by atoms with Crippen LogP contribution in [0.1, 0.15) is 37.3 Å². The first-order valence-electron chi connectivity index (χ1n) is 9.46. The molecule has 1 saturated heterocycles. The number of hydrogen-bond donors (Lipinski definition) is 2. The molecule has 2 aromatic rings. The number of carbonyl (C=O) groups is 1. The van der Waals surface area contributed by atoms with E-state index in [4.69, 9.17) is 4.74 Å². The van der Waals surface area contributed by atoms with E-state index >= 15 is 0 Å². The van der Waals surface area contributed by atoms with E-state index in [0.29, 0.717) is 0 Å². The molecular formula is C19H24N4O2S2. The number of aryl methyl sites for hydroxylation is 2. The maximum absolute atomic E-state index is 12.5. The van der Waals surface area contributed by atoms with Gasteiger partial charge in [-0.2, -0.15) is 0 Å². The van der Waals surface area contributed by atoms with Gasteiger partial charge in [-0.1, -0.05) is 29.2 Å². The summed E-state index contributed by atoms with van der Waals surface area (Å²) >= 11 is 2.92. The lowest BCUT2D eigenvalue weighted by Crippen LogP contribution is -2.22. The number of amides is 1. The lowest BCUT2D eigenvalue weighted by atomic mass is 10.1. The van der Waals surface area contributed by atoms with Gasteiger partial charge in [0, 0.05) is 18.8 Å². The first-order valence-corrected chi connectivity index (χ1v) is 11.2. The molecule has 144 valence electrons. The molecule has 4 rings (SSSR count).